The molecule has 2 aromatic carbocycles. The van der Waals surface area contributed by atoms with Gasteiger partial charge in [-0.25, -0.2) is 8.42 Å². The minimum atomic E-state index is -3.71. The molecular weight excluding hydrogens is 326 g/mol. The number of nitrogens with zero attached hydrogens (tertiary/aromatic N) is 1. The van der Waals surface area contributed by atoms with Crippen LogP contribution >= 0.6 is 0 Å². The average molecular weight is 349 g/mol. The highest BCUT2D eigenvalue weighted by atomic mass is 32.2. The summed E-state index contributed by atoms with van der Waals surface area (Å²) in [6.45, 7) is 2.73. The van der Waals surface area contributed by atoms with E-state index in [1.807, 2.05) is 43.3 Å². The van der Waals surface area contributed by atoms with Gasteiger partial charge in [-0.3, -0.25) is 0 Å². The minimum absolute atomic E-state index is 0.178. The topological polar surface area (TPSA) is 55.8 Å². The van der Waals surface area contributed by atoms with E-state index in [1.165, 1.54) is 11.4 Å². The number of methoxy groups -OCH3 is 2. The van der Waals surface area contributed by atoms with Crippen LogP contribution in [0, 0.1) is 6.92 Å². The van der Waals surface area contributed by atoms with E-state index in [0.29, 0.717) is 12.4 Å². The number of sulfonamides is 1. The van der Waals surface area contributed by atoms with E-state index >= 15 is 0 Å². The molecule has 0 bridgehead atoms. The van der Waals surface area contributed by atoms with Crippen LogP contribution in [0.15, 0.2) is 53.4 Å². The molecule has 130 valence electrons. The van der Waals surface area contributed by atoms with Gasteiger partial charge in [-0.05, 0) is 30.2 Å². The standard InChI is InChI=1S/C18H23NO4S/c1-15-9-10-17(23-3)18(13-15)24(20,21)19(11-12-22-2)14-16-7-5-4-6-8-16/h4-10,13H,11-12,14H2,1-3H3. The Morgan fingerprint density at radius 1 is 1.04 bits per heavy atom. The van der Waals surface area contributed by atoms with Gasteiger partial charge in [-0.2, -0.15) is 4.31 Å². The normalized spacial score (nSPS) is 11.7. The van der Waals surface area contributed by atoms with E-state index in [4.69, 9.17) is 9.47 Å². The van der Waals surface area contributed by atoms with Crippen LogP contribution < -0.4 is 4.74 Å². The first-order chi connectivity index (χ1) is 11.5. The Kier molecular flexibility index (Phi) is 6.36. The van der Waals surface area contributed by atoms with Crippen LogP contribution in [0.2, 0.25) is 0 Å². The first-order valence-corrected chi connectivity index (χ1v) is 9.10. The van der Waals surface area contributed by atoms with Crippen molar-refractivity contribution in [2.45, 2.75) is 18.4 Å². The van der Waals surface area contributed by atoms with E-state index in [-0.39, 0.29) is 18.0 Å². The van der Waals surface area contributed by atoms with E-state index < -0.39 is 10.0 Å². The molecule has 0 saturated heterocycles. The summed E-state index contributed by atoms with van der Waals surface area (Å²) >= 11 is 0. The van der Waals surface area contributed by atoms with Crippen LogP contribution in [-0.4, -0.2) is 40.1 Å². The van der Waals surface area contributed by atoms with Crippen molar-refractivity contribution < 1.29 is 17.9 Å². The number of benzene rings is 2. The van der Waals surface area contributed by atoms with Gasteiger partial charge in [0.05, 0.1) is 13.7 Å². The Labute approximate surface area is 143 Å². The zero-order chi connectivity index (χ0) is 17.6. The van der Waals surface area contributed by atoms with E-state index in [9.17, 15) is 8.42 Å². The van der Waals surface area contributed by atoms with Crippen molar-refractivity contribution in [1.29, 1.82) is 0 Å². The van der Waals surface area contributed by atoms with Gasteiger partial charge in [0.15, 0.2) is 0 Å². The molecule has 0 aromatic heterocycles. The Morgan fingerprint density at radius 3 is 2.38 bits per heavy atom. The van der Waals surface area contributed by atoms with Gasteiger partial charge in [0, 0.05) is 20.2 Å². The summed E-state index contributed by atoms with van der Waals surface area (Å²) in [5.41, 5.74) is 1.78. The quantitative estimate of drug-likeness (QED) is 0.735. The van der Waals surface area contributed by atoms with E-state index in [2.05, 4.69) is 0 Å². The number of aryl methyl sites for hydroxylation is 1. The fraction of sp³-hybridized carbons (Fsp3) is 0.333. The maximum atomic E-state index is 13.2. The molecule has 0 heterocycles. The smallest absolute Gasteiger partial charge is 0.247 e. The predicted molar refractivity (Wildman–Crippen MR) is 93.6 cm³/mol. The lowest BCUT2D eigenvalue weighted by Crippen LogP contribution is -2.33. The molecule has 0 N–H and O–H groups in total. The molecule has 24 heavy (non-hydrogen) atoms. The monoisotopic (exact) mass is 349 g/mol. The Hall–Kier alpha value is -1.89. The van der Waals surface area contributed by atoms with Gasteiger partial charge in [0.1, 0.15) is 10.6 Å². The molecule has 0 aliphatic carbocycles. The lowest BCUT2D eigenvalue weighted by molar-refractivity contribution is 0.177. The molecule has 0 spiro atoms. The van der Waals surface area contributed by atoms with E-state index in [1.54, 1.807) is 19.2 Å². The highest BCUT2D eigenvalue weighted by molar-refractivity contribution is 7.89. The lowest BCUT2D eigenvalue weighted by atomic mass is 10.2. The molecule has 0 atom stereocenters. The van der Waals surface area contributed by atoms with Crippen LogP contribution in [0.4, 0.5) is 0 Å². The second kappa shape index (κ2) is 8.28. The van der Waals surface area contributed by atoms with Crippen molar-refractivity contribution in [3.8, 4) is 5.75 Å². The minimum Gasteiger partial charge on any atom is -0.495 e. The molecule has 0 saturated carbocycles. The van der Waals surface area contributed by atoms with Crippen molar-refractivity contribution in [2.24, 2.45) is 0 Å². The zero-order valence-corrected chi connectivity index (χ0v) is 15.0. The van der Waals surface area contributed by atoms with Gasteiger partial charge >= 0.3 is 0 Å². The molecule has 0 aliphatic heterocycles. The van der Waals surface area contributed by atoms with Crippen LogP contribution in [0.5, 0.6) is 5.75 Å². The molecule has 2 rings (SSSR count). The highest BCUT2D eigenvalue weighted by Gasteiger charge is 2.27. The summed E-state index contributed by atoms with van der Waals surface area (Å²) in [7, 11) is -0.680. The summed E-state index contributed by atoms with van der Waals surface area (Å²) in [6, 6.07) is 14.6. The largest absolute Gasteiger partial charge is 0.495 e. The summed E-state index contributed by atoms with van der Waals surface area (Å²) in [5.74, 6) is 0.344. The van der Waals surface area contributed by atoms with Crippen molar-refractivity contribution in [1.82, 2.24) is 4.31 Å². The zero-order valence-electron chi connectivity index (χ0n) is 14.2. The summed E-state index contributed by atoms with van der Waals surface area (Å²) in [5, 5.41) is 0. The molecule has 0 aliphatic rings. The Morgan fingerprint density at radius 2 is 1.75 bits per heavy atom. The molecule has 0 amide bonds. The number of ether oxygens (including phenoxy) is 2. The van der Waals surface area contributed by atoms with Gasteiger partial charge in [-0.1, -0.05) is 36.4 Å². The lowest BCUT2D eigenvalue weighted by Gasteiger charge is -2.23. The van der Waals surface area contributed by atoms with Crippen molar-refractivity contribution in [2.75, 3.05) is 27.4 Å². The predicted octanol–water partition coefficient (Wildman–Crippen LogP) is 2.84. The second-order valence-electron chi connectivity index (χ2n) is 5.47. The molecule has 0 radical (unpaired) electrons. The molecule has 5 nitrogen and oxygen atoms in total. The third-order valence-electron chi connectivity index (χ3n) is 3.68. The Bertz CT molecular complexity index is 760. The maximum Gasteiger partial charge on any atom is 0.247 e. The van der Waals surface area contributed by atoms with Crippen LogP contribution in [0.25, 0.3) is 0 Å². The Balaban J connectivity index is 2.41. The van der Waals surface area contributed by atoms with Crippen LogP contribution in [0.1, 0.15) is 11.1 Å². The average Bonchev–Trinajstić information content (AvgIpc) is 2.59. The second-order valence-corrected chi connectivity index (χ2v) is 7.38. The number of hydrogen-bond acceptors (Lipinski definition) is 4. The summed E-state index contributed by atoms with van der Waals surface area (Å²) < 4.78 is 38.1. The molecule has 0 unspecified atom stereocenters. The van der Waals surface area contributed by atoms with Crippen LogP contribution in [0.3, 0.4) is 0 Å². The third-order valence-corrected chi connectivity index (χ3v) is 5.55. The number of hydrogen-bond donors (Lipinski definition) is 0. The van der Waals surface area contributed by atoms with Gasteiger partial charge in [0.2, 0.25) is 10.0 Å². The SMILES string of the molecule is COCCN(Cc1ccccc1)S(=O)(=O)c1cc(C)ccc1OC. The molecule has 2 aromatic rings. The summed E-state index contributed by atoms with van der Waals surface area (Å²) in [4.78, 5) is 0.178. The van der Waals surface area contributed by atoms with Gasteiger partial charge in [-0.15, -0.1) is 0 Å². The molecule has 6 heteroatoms. The van der Waals surface area contributed by atoms with Crippen LogP contribution in [-0.2, 0) is 21.3 Å². The van der Waals surface area contributed by atoms with E-state index in [0.717, 1.165) is 11.1 Å². The fourth-order valence-electron chi connectivity index (χ4n) is 2.39. The maximum absolute atomic E-state index is 13.2. The fourth-order valence-corrected chi connectivity index (χ4v) is 4.04. The van der Waals surface area contributed by atoms with Crippen molar-refractivity contribution in [3.05, 3.63) is 59.7 Å². The third kappa shape index (κ3) is 4.35. The number of rotatable bonds is 8. The van der Waals surface area contributed by atoms with Crippen molar-refractivity contribution >= 4 is 10.0 Å². The summed E-state index contributed by atoms with van der Waals surface area (Å²) in [6.07, 6.45) is 0. The van der Waals surface area contributed by atoms with Gasteiger partial charge in [0.25, 0.3) is 0 Å². The highest BCUT2D eigenvalue weighted by Crippen LogP contribution is 2.28. The van der Waals surface area contributed by atoms with Gasteiger partial charge < -0.3 is 9.47 Å². The first kappa shape index (κ1) is 18.4. The first-order valence-electron chi connectivity index (χ1n) is 7.66. The van der Waals surface area contributed by atoms with Crippen molar-refractivity contribution in [3.63, 3.8) is 0 Å². The molecule has 0 fully saturated rings. The molecular formula is C18H23NO4S.